The molecule has 3 N–H and O–H groups in total. The lowest BCUT2D eigenvalue weighted by Crippen LogP contribution is -2.24. The lowest BCUT2D eigenvalue weighted by molar-refractivity contribution is 0.262. The zero-order valence-electron chi connectivity index (χ0n) is 9.85. The SMILES string of the molecule is N#Cc1cnc(NC(=O)Nc2cc(Cl)c[nH]c2=O)cn1. The van der Waals surface area contributed by atoms with Gasteiger partial charge in [-0.2, -0.15) is 5.26 Å². The number of carbonyl (C=O) groups is 1. The first-order valence-electron chi connectivity index (χ1n) is 5.27. The summed E-state index contributed by atoms with van der Waals surface area (Å²) in [4.78, 5) is 33.0. The molecule has 0 aliphatic rings. The fourth-order valence-electron chi connectivity index (χ4n) is 1.27. The van der Waals surface area contributed by atoms with Crippen LogP contribution in [0.5, 0.6) is 0 Å². The lowest BCUT2D eigenvalue weighted by atomic mass is 10.4. The van der Waals surface area contributed by atoms with E-state index in [1.54, 1.807) is 6.07 Å². The Morgan fingerprint density at radius 2 is 2.15 bits per heavy atom. The maximum atomic E-state index is 11.6. The van der Waals surface area contributed by atoms with Gasteiger partial charge in [-0.1, -0.05) is 11.6 Å². The average Bonchev–Trinajstić information content (AvgIpc) is 2.43. The molecule has 20 heavy (non-hydrogen) atoms. The highest BCUT2D eigenvalue weighted by atomic mass is 35.5. The van der Waals surface area contributed by atoms with Crippen molar-refractivity contribution in [3.8, 4) is 6.07 Å². The van der Waals surface area contributed by atoms with E-state index in [9.17, 15) is 9.59 Å². The largest absolute Gasteiger partial charge is 0.326 e. The van der Waals surface area contributed by atoms with Crippen molar-refractivity contribution in [2.24, 2.45) is 0 Å². The number of aromatic amines is 1. The van der Waals surface area contributed by atoms with Gasteiger partial charge < -0.3 is 10.3 Å². The average molecular weight is 291 g/mol. The summed E-state index contributed by atoms with van der Waals surface area (Å²) in [6, 6.07) is 2.43. The van der Waals surface area contributed by atoms with Gasteiger partial charge in [-0.25, -0.2) is 14.8 Å². The van der Waals surface area contributed by atoms with Crippen molar-refractivity contribution in [3.05, 3.63) is 45.7 Å². The monoisotopic (exact) mass is 290 g/mol. The van der Waals surface area contributed by atoms with E-state index in [0.29, 0.717) is 0 Å². The van der Waals surface area contributed by atoms with Gasteiger partial charge in [0, 0.05) is 6.20 Å². The lowest BCUT2D eigenvalue weighted by Gasteiger charge is -2.06. The summed E-state index contributed by atoms with van der Waals surface area (Å²) < 4.78 is 0. The van der Waals surface area contributed by atoms with Gasteiger partial charge in [0.1, 0.15) is 11.8 Å². The van der Waals surface area contributed by atoms with Gasteiger partial charge in [0.25, 0.3) is 5.56 Å². The molecule has 2 aromatic rings. The van der Waals surface area contributed by atoms with Crippen molar-refractivity contribution in [3.63, 3.8) is 0 Å². The van der Waals surface area contributed by atoms with Crippen LogP contribution in [0.3, 0.4) is 0 Å². The number of rotatable bonds is 2. The van der Waals surface area contributed by atoms with Crippen LogP contribution < -0.4 is 16.2 Å². The first kappa shape index (κ1) is 13.5. The van der Waals surface area contributed by atoms with Crippen LogP contribution in [0.2, 0.25) is 5.02 Å². The Morgan fingerprint density at radius 1 is 1.35 bits per heavy atom. The first-order chi connectivity index (χ1) is 9.58. The predicted octanol–water partition coefficient (Wildman–Crippen LogP) is 1.33. The molecule has 0 bridgehead atoms. The van der Waals surface area contributed by atoms with E-state index >= 15 is 0 Å². The normalized spacial score (nSPS) is 9.60. The maximum absolute atomic E-state index is 11.6. The van der Waals surface area contributed by atoms with Crippen LogP contribution in [0.15, 0.2) is 29.5 Å². The number of amides is 2. The molecule has 9 heteroatoms. The molecule has 8 nitrogen and oxygen atoms in total. The van der Waals surface area contributed by atoms with Gasteiger partial charge in [-0.3, -0.25) is 10.1 Å². The van der Waals surface area contributed by atoms with E-state index in [4.69, 9.17) is 16.9 Å². The van der Waals surface area contributed by atoms with Crippen LogP contribution in [-0.2, 0) is 0 Å². The summed E-state index contributed by atoms with van der Waals surface area (Å²) in [5.41, 5.74) is -0.366. The highest BCUT2D eigenvalue weighted by Gasteiger charge is 2.07. The van der Waals surface area contributed by atoms with Gasteiger partial charge in [0.15, 0.2) is 11.5 Å². The molecule has 0 unspecified atom stereocenters. The van der Waals surface area contributed by atoms with Gasteiger partial charge in [-0.05, 0) is 6.07 Å². The molecule has 0 fully saturated rings. The quantitative estimate of drug-likeness (QED) is 0.770. The van der Waals surface area contributed by atoms with E-state index in [2.05, 4.69) is 25.6 Å². The minimum Gasteiger partial charge on any atom is -0.326 e. The van der Waals surface area contributed by atoms with Crippen molar-refractivity contribution in [1.29, 1.82) is 5.26 Å². The molecule has 0 aromatic carbocycles. The minimum absolute atomic E-state index is 0.00314. The van der Waals surface area contributed by atoms with Gasteiger partial charge in [0.05, 0.1) is 17.4 Å². The second-order valence-corrected chi connectivity index (χ2v) is 3.97. The number of H-pyrrole nitrogens is 1. The van der Waals surface area contributed by atoms with Crippen LogP contribution in [0.4, 0.5) is 16.3 Å². The van der Waals surface area contributed by atoms with Crippen molar-refractivity contribution in [2.75, 3.05) is 10.6 Å². The fraction of sp³-hybridized carbons (Fsp3) is 0. The summed E-state index contributed by atoms with van der Waals surface area (Å²) in [6.07, 6.45) is 3.74. The molecular weight excluding hydrogens is 284 g/mol. The molecule has 2 aromatic heterocycles. The molecule has 0 saturated carbocycles. The number of anilines is 2. The number of nitrogens with zero attached hydrogens (tertiary/aromatic N) is 3. The highest BCUT2D eigenvalue weighted by Crippen LogP contribution is 2.09. The second kappa shape index (κ2) is 5.81. The van der Waals surface area contributed by atoms with E-state index in [-0.39, 0.29) is 22.2 Å². The fourth-order valence-corrected chi connectivity index (χ4v) is 1.43. The highest BCUT2D eigenvalue weighted by molar-refractivity contribution is 6.30. The summed E-state index contributed by atoms with van der Waals surface area (Å²) in [7, 11) is 0. The molecule has 0 radical (unpaired) electrons. The van der Waals surface area contributed by atoms with E-state index in [0.717, 1.165) is 0 Å². The van der Waals surface area contributed by atoms with Crippen molar-refractivity contribution < 1.29 is 4.79 Å². The van der Waals surface area contributed by atoms with E-state index in [1.807, 2.05) is 0 Å². The van der Waals surface area contributed by atoms with E-state index < -0.39 is 11.6 Å². The number of carbonyl (C=O) groups excluding carboxylic acids is 1. The molecular formula is C11H7ClN6O2. The molecule has 2 rings (SSSR count). The number of nitrogens with one attached hydrogen (secondary N) is 3. The Balaban J connectivity index is 2.07. The van der Waals surface area contributed by atoms with Gasteiger partial charge >= 0.3 is 6.03 Å². The Morgan fingerprint density at radius 3 is 2.80 bits per heavy atom. The molecule has 0 saturated heterocycles. The zero-order valence-corrected chi connectivity index (χ0v) is 10.6. The van der Waals surface area contributed by atoms with Crippen LogP contribution in [-0.4, -0.2) is 21.0 Å². The Labute approximate surface area is 117 Å². The predicted molar refractivity (Wildman–Crippen MR) is 71.5 cm³/mol. The first-order valence-corrected chi connectivity index (χ1v) is 5.64. The summed E-state index contributed by atoms with van der Waals surface area (Å²) >= 11 is 5.70. The standard InChI is InChI=1S/C11H7ClN6O2/c12-6-1-8(10(19)16-3-6)17-11(20)18-9-5-14-7(2-13)4-15-9/h1,3-5H,(H,16,19)(H2,15,17,18,20). The number of hydrogen-bond donors (Lipinski definition) is 3. The molecule has 100 valence electrons. The van der Waals surface area contributed by atoms with Crippen LogP contribution in [0.25, 0.3) is 0 Å². The zero-order chi connectivity index (χ0) is 14.5. The van der Waals surface area contributed by atoms with Crippen molar-refractivity contribution in [1.82, 2.24) is 15.0 Å². The number of aromatic nitrogens is 3. The van der Waals surface area contributed by atoms with Crippen LogP contribution in [0.1, 0.15) is 5.69 Å². The molecule has 2 heterocycles. The summed E-state index contributed by atoms with van der Waals surface area (Å²) in [6.45, 7) is 0. The maximum Gasteiger partial charge on any atom is 0.325 e. The van der Waals surface area contributed by atoms with Crippen LogP contribution in [0, 0.1) is 11.3 Å². The third-order valence-electron chi connectivity index (χ3n) is 2.12. The van der Waals surface area contributed by atoms with Gasteiger partial charge in [0.2, 0.25) is 0 Å². The Hall–Kier alpha value is -2.92. The number of urea groups is 1. The smallest absolute Gasteiger partial charge is 0.325 e. The molecule has 0 atom stereocenters. The second-order valence-electron chi connectivity index (χ2n) is 3.54. The third-order valence-corrected chi connectivity index (χ3v) is 2.34. The Kier molecular flexibility index (Phi) is 3.93. The number of hydrogen-bond acceptors (Lipinski definition) is 5. The van der Waals surface area contributed by atoms with Crippen LogP contribution >= 0.6 is 11.6 Å². The molecule has 0 spiro atoms. The van der Waals surface area contributed by atoms with Crippen molar-refractivity contribution in [2.45, 2.75) is 0 Å². The minimum atomic E-state index is -0.684. The number of nitriles is 1. The van der Waals surface area contributed by atoms with Crippen molar-refractivity contribution >= 4 is 29.1 Å². The molecule has 2 amide bonds. The summed E-state index contributed by atoms with van der Waals surface area (Å²) in [5.74, 6) is 0.139. The summed E-state index contributed by atoms with van der Waals surface area (Å²) in [5, 5.41) is 13.5. The number of pyridine rings is 1. The Bertz CT molecular complexity index is 734. The topological polar surface area (TPSA) is 124 Å². The molecule has 0 aliphatic heterocycles. The number of halogens is 1. The van der Waals surface area contributed by atoms with E-state index in [1.165, 1.54) is 24.7 Å². The third kappa shape index (κ3) is 3.30. The molecule has 0 aliphatic carbocycles. The van der Waals surface area contributed by atoms with Gasteiger partial charge in [-0.15, -0.1) is 0 Å².